The average Bonchev–Trinajstić information content (AvgIpc) is 3.01. The van der Waals surface area contributed by atoms with Crippen molar-refractivity contribution in [2.45, 2.75) is 39.7 Å². The summed E-state index contributed by atoms with van der Waals surface area (Å²) in [7, 11) is 0. The van der Waals surface area contributed by atoms with Crippen LogP contribution in [0.5, 0.6) is 0 Å². The Hall–Kier alpha value is -2.21. The molecule has 0 bridgehead atoms. The average molecular weight is 346 g/mol. The number of esters is 1. The number of hydrogen-bond donors (Lipinski definition) is 1. The van der Waals surface area contributed by atoms with Crippen LogP contribution >= 0.6 is 11.3 Å². The van der Waals surface area contributed by atoms with Crippen LogP contribution in [0.3, 0.4) is 0 Å². The zero-order chi connectivity index (χ0) is 17.5. The first-order valence-corrected chi connectivity index (χ1v) is 8.78. The third-order valence-corrected chi connectivity index (χ3v) is 4.40. The Morgan fingerprint density at radius 3 is 2.58 bits per heavy atom. The van der Waals surface area contributed by atoms with Crippen molar-refractivity contribution < 1.29 is 14.3 Å². The number of nitrogens with zero attached hydrogens (tertiary/aromatic N) is 1. The van der Waals surface area contributed by atoms with Crippen molar-refractivity contribution in [2.24, 2.45) is 0 Å². The lowest BCUT2D eigenvalue weighted by Gasteiger charge is -2.05. The number of aromatic nitrogens is 1. The molecule has 0 unspecified atom stereocenters. The highest BCUT2D eigenvalue weighted by Gasteiger charge is 2.09. The normalized spacial score (nSPS) is 10.7. The molecule has 24 heavy (non-hydrogen) atoms. The molecule has 1 aromatic heterocycles. The number of hydrogen-bond acceptors (Lipinski definition) is 5. The zero-order valence-electron chi connectivity index (χ0n) is 14.2. The van der Waals surface area contributed by atoms with Gasteiger partial charge in [-0.2, -0.15) is 0 Å². The molecule has 1 aromatic carbocycles. The number of carbonyl (C=O) groups is 2. The minimum atomic E-state index is -0.348. The Morgan fingerprint density at radius 1 is 1.25 bits per heavy atom. The number of nitrogens with one attached hydrogen (secondary N) is 1. The predicted octanol–water partition coefficient (Wildman–Crippen LogP) is 3.50. The van der Waals surface area contributed by atoms with Gasteiger partial charge in [0.05, 0.1) is 12.1 Å². The summed E-state index contributed by atoms with van der Waals surface area (Å²) in [5.74, 6) is -0.00201. The SMILES string of the molecule is CC(=O)NCCC(=O)OCc1csc(-c2ccc(C(C)C)cc2)n1. The summed E-state index contributed by atoms with van der Waals surface area (Å²) in [6.07, 6.45) is 0.160. The number of ether oxygens (including phenoxy) is 1. The largest absolute Gasteiger partial charge is 0.459 e. The van der Waals surface area contributed by atoms with Crippen LogP contribution in [0.25, 0.3) is 10.6 Å². The Bertz CT molecular complexity index is 693. The lowest BCUT2D eigenvalue weighted by molar-refractivity contribution is -0.144. The summed E-state index contributed by atoms with van der Waals surface area (Å²) in [6.45, 7) is 6.18. The van der Waals surface area contributed by atoms with E-state index < -0.39 is 0 Å². The fourth-order valence-electron chi connectivity index (χ4n) is 2.08. The summed E-state index contributed by atoms with van der Waals surface area (Å²) < 4.78 is 5.16. The molecule has 128 valence electrons. The predicted molar refractivity (Wildman–Crippen MR) is 94.7 cm³/mol. The molecule has 5 nitrogen and oxygen atoms in total. The van der Waals surface area contributed by atoms with Crippen LogP contribution in [-0.4, -0.2) is 23.4 Å². The molecule has 0 saturated carbocycles. The quantitative estimate of drug-likeness (QED) is 0.779. The van der Waals surface area contributed by atoms with E-state index >= 15 is 0 Å². The fraction of sp³-hybridized carbons (Fsp3) is 0.389. The number of rotatable bonds is 7. The van der Waals surface area contributed by atoms with Gasteiger partial charge in [0.15, 0.2) is 0 Å². The van der Waals surface area contributed by atoms with E-state index in [-0.39, 0.29) is 24.9 Å². The molecule has 2 rings (SSSR count). The molecule has 0 aliphatic rings. The van der Waals surface area contributed by atoms with Crippen LogP contribution in [0.4, 0.5) is 0 Å². The van der Waals surface area contributed by atoms with Crippen LogP contribution in [0.2, 0.25) is 0 Å². The number of thiazole rings is 1. The molecular formula is C18H22N2O3S. The molecule has 1 amide bonds. The van der Waals surface area contributed by atoms with Gasteiger partial charge in [0, 0.05) is 24.4 Å². The van der Waals surface area contributed by atoms with Crippen molar-refractivity contribution in [3.8, 4) is 10.6 Å². The van der Waals surface area contributed by atoms with Gasteiger partial charge >= 0.3 is 5.97 Å². The Kier molecular flexibility index (Phi) is 6.49. The lowest BCUT2D eigenvalue weighted by Crippen LogP contribution is -2.23. The van der Waals surface area contributed by atoms with Crippen LogP contribution < -0.4 is 5.32 Å². The number of carbonyl (C=O) groups excluding carboxylic acids is 2. The highest BCUT2D eigenvalue weighted by atomic mass is 32.1. The van der Waals surface area contributed by atoms with Crippen molar-refractivity contribution in [3.05, 3.63) is 40.9 Å². The molecule has 0 atom stereocenters. The van der Waals surface area contributed by atoms with Gasteiger partial charge in [-0.15, -0.1) is 11.3 Å². The van der Waals surface area contributed by atoms with Crippen molar-refractivity contribution in [1.82, 2.24) is 10.3 Å². The second-order valence-electron chi connectivity index (χ2n) is 5.81. The summed E-state index contributed by atoms with van der Waals surface area (Å²) in [5.41, 5.74) is 3.09. The zero-order valence-corrected chi connectivity index (χ0v) is 15.0. The van der Waals surface area contributed by atoms with E-state index in [4.69, 9.17) is 4.74 Å². The molecule has 0 aliphatic heterocycles. The monoisotopic (exact) mass is 346 g/mol. The van der Waals surface area contributed by atoms with Crippen LogP contribution in [0.1, 0.15) is 44.4 Å². The van der Waals surface area contributed by atoms with E-state index in [1.54, 1.807) is 0 Å². The minimum absolute atomic E-state index is 0.152. The molecule has 0 fully saturated rings. The summed E-state index contributed by atoms with van der Waals surface area (Å²) in [6, 6.07) is 8.36. The maximum atomic E-state index is 11.6. The van der Waals surface area contributed by atoms with Gasteiger partial charge < -0.3 is 10.1 Å². The van der Waals surface area contributed by atoms with Gasteiger partial charge in [0.25, 0.3) is 0 Å². The molecule has 1 heterocycles. The minimum Gasteiger partial charge on any atom is -0.459 e. The number of benzene rings is 1. The van der Waals surface area contributed by atoms with Gasteiger partial charge in [-0.3, -0.25) is 9.59 Å². The second kappa shape index (κ2) is 8.59. The van der Waals surface area contributed by atoms with E-state index in [1.165, 1.54) is 23.8 Å². The van der Waals surface area contributed by atoms with Crippen LogP contribution in [0, 0.1) is 0 Å². The topological polar surface area (TPSA) is 68.3 Å². The Balaban J connectivity index is 1.86. The first kappa shape index (κ1) is 18.1. The number of amides is 1. The molecular weight excluding hydrogens is 324 g/mol. The van der Waals surface area contributed by atoms with Gasteiger partial charge in [-0.1, -0.05) is 38.1 Å². The van der Waals surface area contributed by atoms with Crippen LogP contribution in [0.15, 0.2) is 29.6 Å². The Labute approximate surface area is 146 Å². The van der Waals surface area contributed by atoms with Crippen LogP contribution in [-0.2, 0) is 20.9 Å². The maximum absolute atomic E-state index is 11.6. The van der Waals surface area contributed by atoms with Crippen molar-refractivity contribution in [1.29, 1.82) is 0 Å². The van der Waals surface area contributed by atoms with Gasteiger partial charge in [0.2, 0.25) is 5.91 Å². The molecule has 1 N–H and O–H groups in total. The fourth-order valence-corrected chi connectivity index (χ4v) is 2.89. The molecule has 0 radical (unpaired) electrons. The van der Waals surface area contributed by atoms with Gasteiger partial charge in [-0.05, 0) is 11.5 Å². The molecule has 6 heteroatoms. The van der Waals surface area contributed by atoms with E-state index in [0.717, 1.165) is 16.3 Å². The first-order valence-electron chi connectivity index (χ1n) is 7.90. The van der Waals surface area contributed by atoms with E-state index in [2.05, 4.69) is 48.4 Å². The highest BCUT2D eigenvalue weighted by molar-refractivity contribution is 7.13. The Morgan fingerprint density at radius 2 is 1.96 bits per heavy atom. The van der Waals surface area contributed by atoms with E-state index in [9.17, 15) is 9.59 Å². The smallest absolute Gasteiger partial charge is 0.307 e. The lowest BCUT2D eigenvalue weighted by atomic mass is 10.0. The third-order valence-electron chi connectivity index (χ3n) is 3.46. The van der Waals surface area contributed by atoms with E-state index in [1.807, 2.05) is 5.38 Å². The highest BCUT2D eigenvalue weighted by Crippen LogP contribution is 2.26. The van der Waals surface area contributed by atoms with Crippen molar-refractivity contribution in [2.75, 3.05) is 6.54 Å². The van der Waals surface area contributed by atoms with Crippen molar-refractivity contribution in [3.63, 3.8) is 0 Å². The molecule has 0 spiro atoms. The molecule has 0 saturated heterocycles. The standard InChI is InChI=1S/C18H22N2O3S/c1-12(2)14-4-6-15(7-5-14)18-20-16(11-24-18)10-23-17(22)8-9-19-13(3)21/h4-7,11-12H,8-10H2,1-3H3,(H,19,21). The third kappa shape index (κ3) is 5.45. The summed E-state index contributed by atoms with van der Waals surface area (Å²) >= 11 is 1.53. The van der Waals surface area contributed by atoms with Gasteiger partial charge in [-0.25, -0.2) is 4.98 Å². The summed E-state index contributed by atoms with van der Waals surface area (Å²) in [5, 5.41) is 5.37. The summed E-state index contributed by atoms with van der Waals surface area (Å²) in [4.78, 5) is 26.8. The van der Waals surface area contributed by atoms with Gasteiger partial charge in [0.1, 0.15) is 11.6 Å². The van der Waals surface area contributed by atoms with E-state index in [0.29, 0.717) is 12.5 Å². The molecule has 0 aliphatic carbocycles. The molecule has 2 aromatic rings. The first-order chi connectivity index (χ1) is 11.5. The second-order valence-corrected chi connectivity index (χ2v) is 6.67. The van der Waals surface area contributed by atoms with Crippen molar-refractivity contribution >= 4 is 23.2 Å². The maximum Gasteiger partial charge on any atom is 0.307 e.